The summed E-state index contributed by atoms with van der Waals surface area (Å²) in [6, 6.07) is 5.65. The average Bonchev–Trinajstić information content (AvgIpc) is 3.32. The molecule has 0 spiro atoms. The van der Waals surface area contributed by atoms with E-state index in [1.54, 1.807) is 12.5 Å². The van der Waals surface area contributed by atoms with Gasteiger partial charge in [-0.3, -0.25) is 4.79 Å². The van der Waals surface area contributed by atoms with Gasteiger partial charge >= 0.3 is 0 Å². The van der Waals surface area contributed by atoms with Crippen molar-refractivity contribution >= 4 is 17.2 Å². The van der Waals surface area contributed by atoms with Gasteiger partial charge in [0, 0.05) is 24.1 Å². The van der Waals surface area contributed by atoms with Crippen molar-refractivity contribution in [3.05, 3.63) is 29.3 Å². The van der Waals surface area contributed by atoms with Crippen LogP contribution in [0, 0.1) is 0 Å². The zero-order chi connectivity index (χ0) is 17.6. The highest BCUT2D eigenvalue weighted by molar-refractivity contribution is 7.13. The molecule has 0 radical (unpaired) electrons. The lowest BCUT2D eigenvalue weighted by molar-refractivity contribution is 0.0854. The lowest BCUT2D eigenvalue weighted by atomic mass is 10.2. The number of carbonyl (C=O) groups is 1. The number of rotatable bonds is 7. The fraction of sp³-hybridized carbons (Fsp3) is 0.444. The number of ether oxygens (including phenoxy) is 3. The van der Waals surface area contributed by atoms with Crippen LogP contribution >= 0.6 is 11.3 Å². The molecular formula is C18H22N2O4S. The van der Waals surface area contributed by atoms with Crippen LogP contribution in [0.1, 0.15) is 30.3 Å². The molecule has 1 aromatic heterocycles. The van der Waals surface area contributed by atoms with Gasteiger partial charge in [-0.05, 0) is 38.0 Å². The second kappa shape index (κ2) is 8.31. The summed E-state index contributed by atoms with van der Waals surface area (Å²) in [6.07, 6.45) is 2.17. The Morgan fingerprint density at radius 2 is 2.32 bits per heavy atom. The Hall–Kier alpha value is -2.12. The van der Waals surface area contributed by atoms with Crippen LogP contribution in [0.15, 0.2) is 23.6 Å². The van der Waals surface area contributed by atoms with Gasteiger partial charge in [-0.2, -0.15) is 0 Å². The number of thiazole rings is 1. The number of carbonyl (C=O) groups excluding carboxylic acids is 1. The van der Waals surface area contributed by atoms with Crippen LogP contribution in [-0.4, -0.2) is 43.9 Å². The Morgan fingerprint density at radius 1 is 1.44 bits per heavy atom. The summed E-state index contributed by atoms with van der Waals surface area (Å²) < 4.78 is 16.4. The first kappa shape index (κ1) is 17.7. The molecule has 3 rings (SSSR count). The minimum Gasteiger partial charge on any atom is -0.493 e. The molecule has 1 saturated heterocycles. The second-order valence-electron chi connectivity index (χ2n) is 5.68. The fourth-order valence-corrected chi connectivity index (χ4v) is 3.49. The summed E-state index contributed by atoms with van der Waals surface area (Å²) in [5.74, 6) is 1.18. The van der Waals surface area contributed by atoms with E-state index in [0.29, 0.717) is 30.3 Å². The van der Waals surface area contributed by atoms with Crippen LogP contribution in [0.25, 0.3) is 10.6 Å². The summed E-state index contributed by atoms with van der Waals surface area (Å²) in [5.41, 5.74) is 1.31. The van der Waals surface area contributed by atoms with Crippen LogP contribution in [0.3, 0.4) is 0 Å². The molecule has 7 heteroatoms. The molecule has 25 heavy (non-hydrogen) atoms. The smallest absolute Gasteiger partial charge is 0.270 e. The molecule has 1 fully saturated rings. The molecule has 1 amide bonds. The molecule has 0 aliphatic carbocycles. The first-order valence-corrected chi connectivity index (χ1v) is 9.25. The zero-order valence-electron chi connectivity index (χ0n) is 14.4. The Kier molecular flexibility index (Phi) is 5.88. The number of aromatic nitrogens is 1. The third-order valence-corrected chi connectivity index (χ3v) is 4.85. The van der Waals surface area contributed by atoms with Gasteiger partial charge < -0.3 is 19.5 Å². The average molecular weight is 362 g/mol. The van der Waals surface area contributed by atoms with Gasteiger partial charge in [0.05, 0.1) is 19.8 Å². The molecule has 2 aromatic rings. The largest absolute Gasteiger partial charge is 0.493 e. The van der Waals surface area contributed by atoms with E-state index in [9.17, 15) is 4.79 Å². The predicted molar refractivity (Wildman–Crippen MR) is 96.6 cm³/mol. The number of nitrogens with one attached hydrogen (secondary N) is 1. The highest BCUT2D eigenvalue weighted by Crippen LogP contribution is 2.33. The minimum absolute atomic E-state index is 0.123. The van der Waals surface area contributed by atoms with Crippen molar-refractivity contribution in [1.29, 1.82) is 0 Å². The van der Waals surface area contributed by atoms with E-state index in [2.05, 4.69) is 10.3 Å². The Labute approximate surface area is 151 Å². The van der Waals surface area contributed by atoms with Gasteiger partial charge in [-0.1, -0.05) is 0 Å². The maximum atomic E-state index is 12.2. The summed E-state index contributed by atoms with van der Waals surface area (Å²) in [7, 11) is 1.60. The number of methoxy groups -OCH3 is 1. The SMILES string of the molecule is CCOc1ccc(-c2nc(C(=O)NCC3CCCO3)cs2)cc1OC. The molecule has 0 saturated carbocycles. The number of benzene rings is 1. The molecule has 2 heterocycles. The standard InChI is InChI=1S/C18H22N2O4S/c1-3-23-15-7-6-12(9-16(15)22-2)18-20-14(11-25-18)17(21)19-10-13-5-4-8-24-13/h6-7,9,11,13H,3-5,8,10H2,1-2H3,(H,19,21). The van der Waals surface area contributed by atoms with Crippen molar-refractivity contribution in [2.24, 2.45) is 0 Å². The van der Waals surface area contributed by atoms with Crippen LogP contribution in [0.5, 0.6) is 11.5 Å². The third-order valence-electron chi connectivity index (χ3n) is 3.96. The van der Waals surface area contributed by atoms with E-state index in [4.69, 9.17) is 14.2 Å². The van der Waals surface area contributed by atoms with Crippen molar-refractivity contribution in [1.82, 2.24) is 10.3 Å². The van der Waals surface area contributed by atoms with E-state index in [-0.39, 0.29) is 12.0 Å². The Balaban J connectivity index is 1.68. The monoisotopic (exact) mass is 362 g/mol. The maximum Gasteiger partial charge on any atom is 0.270 e. The van der Waals surface area contributed by atoms with Crippen LogP contribution < -0.4 is 14.8 Å². The molecule has 6 nitrogen and oxygen atoms in total. The second-order valence-corrected chi connectivity index (χ2v) is 6.54. The molecule has 1 unspecified atom stereocenters. The number of nitrogens with zero attached hydrogens (tertiary/aromatic N) is 1. The highest BCUT2D eigenvalue weighted by Gasteiger charge is 2.18. The van der Waals surface area contributed by atoms with Crippen molar-refractivity contribution in [2.75, 3.05) is 26.9 Å². The molecule has 1 aromatic carbocycles. The van der Waals surface area contributed by atoms with E-state index in [0.717, 1.165) is 30.0 Å². The summed E-state index contributed by atoms with van der Waals surface area (Å²) in [4.78, 5) is 16.7. The van der Waals surface area contributed by atoms with E-state index >= 15 is 0 Å². The third kappa shape index (κ3) is 4.29. The van der Waals surface area contributed by atoms with Crippen molar-refractivity contribution in [3.63, 3.8) is 0 Å². The Morgan fingerprint density at radius 3 is 3.04 bits per heavy atom. The molecule has 1 atom stereocenters. The zero-order valence-corrected chi connectivity index (χ0v) is 15.2. The van der Waals surface area contributed by atoms with Gasteiger partial charge in [-0.25, -0.2) is 4.98 Å². The normalized spacial score (nSPS) is 16.6. The quantitative estimate of drug-likeness (QED) is 0.819. The van der Waals surface area contributed by atoms with E-state index in [1.807, 2.05) is 25.1 Å². The number of hydrogen-bond acceptors (Lipinski definition) is 6. The maximum absolute atomic E-state index is 12.2. The van der Waals surface area contributed by atoms with Gasteiger partial charge in [0.2, 0.25) is 0 Å². The van der Waals surface area contributed by atoms with Crippen LogP contribution in [0.4, 0.5) is 0 Å². The highest BCUT2D eigenvalue weighted by atomic mass is 32.1. The Bertz CT molecular complexity index is 726. The fourth-order valence-electron chi connectivity index (χ4n) is 2.69. The molecular weight excluding hydrogens is 340 g/mol. The van der Waals surface area contributed by atoms with Crippen molar-refractivity contribution in [3.8, 4) is 22.1 Å². The van der Waals surface area contributed by atoms with Crippen LogP contribution in [0.2, 0.25) is 0 Å². The van der Waals surface area contributed by atoms with Gasteiger partial charge in [0.15, 0.2) is 11.5 Å². The minimum atomic E-state index is -0.170. The first-order valence-electron chi connectivity index (χ1n) is 8.37. The summed E-state index contributed by atoms with van der Waals surface area (Å²) >= 11 is 1.43. The summed E-state index contributed by atoms with van der Waals surface area (Å²) in [6.45, 7) is 3.81. The van der Waals surface area contributed by atoms with Gasteiger partial charge in [0.1, 0.15) is 10.7 Å². The molecule has 0 bridgehead atoms. The van der Waals surface area contributed by atoms with E-state index < -0.39 is 0 Å². The van der Waals surface area contributed by atoms with Gasteiger partial charge in [0.25, 0.3) is 5.91 Å². The van der Waals surface area contributed by atoms with Crippen LogP contribution in [-0.2, 0) is 4.74 Å². The predicted octanol–water partition coefficient (Wildman–Crippen LogP) is 3.13. The van der Waals surface area contributed by atoms with Gasteiger partial charge in [-0.15, -0.1) is 11.3 Å². The lowest BCUT2D eigenvalue weighted by Gasteiger charge is -2.10. The number of amides is 1. The first-order chi connectivity index (χ1) is 12.2. The lowest BCUT2D eigenvalue weighted by Crippen LogP contribution is -2.31. The summed E-state index contributed by atoms with van der Waals surface area (Å²) in [5, 5.41) is 5.42. The van der Waals surface area contributed by atoms with E-state index in [1.165, 1.54) is 11.3 Å². The van der Waals surface area contributed by atoms with Crippen molar-refractivity contribution in [2.45, 2.75) is 25.9 Å². The molecule has 134 valence electrons. The number of hydrogen-bond donors (Lipinski definition) is 1. The topological polar surface area (TPSA) is 69.7 Å². The molecule has 1 N–H and O–H groups in total. The molecule has 1 aliphatic heterocycles. The van der Waals surface area contributed by atoms with Crippen molar-refractivity contribution < 1.29 is 19.0 Å². The molecule has 1 aliphatic rings.